The zero-order valence-corrected chi connectivity index (χ0v) is 22.2. The Hall–Kier alpha value is -4.37. The number of hydrogen-bond donors (Lipinski definition) is 2. The standard InChI is InChI=1S/C28H27ClN6O3/c1-16-9-11-22(17(2)13-16)31-27(36)25-18(3)30-28-32-33-34-35(28)26(25)19-10-12-23(24(14-19)37-4)38-15-20-7-5-6-8-21(20)29/h5-14,26H,15H2,1-4H3,(H,31,36)(H,30,32,34)/t26-/m1/s1. The summed E-state index contributed by atoms with van der Waals surface area (Å²) in [6.07, 6.45) is 0. The second-order valence-corrected chi connectivity index (χ2v) is 9.48. The number of benzene rings is 3. The van der Waals surface area contributed by atoms with Gasteiger partial charge >= 0.3 is 0 Å². The van der Waals surface area contributed by atoms with Crippen LogP contribution in [0.25, 0.3) is 0 Å². The zero-order chi connectivity index (χ0) is 26.8. The van der Waals surface area contributed by atoms with Crippen LogP contribution in [0.2, 0.25) is 5.02 Å². The van der Waals surface area contributed by atoms with Gasteiger partial charge in [0.05, 0.1) is 12.7 Å². The van der Waals surface area contributed by atoms with Crippen LogP contribution in [0.3, 0.4) is 0 Å². The molecule has 1 aliphatic rings. The summed E-state index contributed by atoms with van der Waals surface area (Å²) in [6.45, 7) is 6.09. The maximum Gasteiger partial charge on any atom is 0.255 e. The van der Waals surface area contributed by atoms with E-state index >= 15 is 0 Å². The van der Waals surface area contributed by atoms with Gasteiger partial charge in [-0.15, -0.1) is 0 Å². The van der Waals surface area contributed by atoms with Gasteiger partial charge in [-0.1, -0.05) is 58.7 Å². The number of allylic oxidation sites excluding steroid dienone is 1. The molecule has 194 valence electrons. The normalized spacial score (nSPS) is 14.5. The van der Waals surface area contributed by atoms with Crippen LogP contribution in [0.15, 0.2) is 71.9 Å². The lowest BCUT2D eigenvalue weighted by atomic mass is 9.94. The number of halogens is 1. The molecule has 3 aromatic carbocycles. The smallest absolute Gasteiger partial charge is 0.255 e. The van der Waals surface area contributed by atoms with E-state index in [1.165, 1.54) is 0 Å². The Morgan fingerprint density at radius 1 is 1.08 bits per heavy atom. The number of carbonyl (C=O) groups excluding carboxylic acids is 1. The van der Waals surface area contributed by atoms with Gasteiger partial charge in [0, 0.05) is 22.0 Å². The van der Waals surface area contributed by atoms with E-state index in [-0.39, 0.29) is 12.5 Å². The van der Waals surface area contributed by atoms with E-state index in [2.05, 4.69) is 26.2 Å². The highest BCUT2D eigenvalue weighted by atomic mass is 35.5. The van der Waals surface area contributed by atoms with Crippen molar-refractivity contribution in [1.29, 1.82) is 0 Å². The Bertz CT molecular complexity index is 1550. The SMILES string of the molecule is COc1cc([C@@H]2C(C(=O)Nc3ccc(C)cc3C)=C(C)Nc3nnnn32)ccc1OCc1ccccc1Cl. The predicted molar refractivity (Wildman–Crippen MR) is 146 cm³/mol. The summed E-state index contributed by atoms with van der Waals surface area (Å²) in [5.41, 5.74) is 5.59. The number of hydrogen-bond acceptors (Lipinski definition) is 7. The topological polar surface area (TPSA) is 103 Å². The molecule has 1 aromatic heterocycles. The van der Waals surface area contributed by atoms with Crippen LogP contribution < -0.4 is 20.1 Å². The molecule has 9 nitrogen and oxygen atoms in total. The van der Waals surface area contributed by atoms with Gasteiger partial charge in [-0.05, 0) is 66.6 Å². The molecule has 1 aliphatic heterocycles. The molecule has 2 heterocycles. The number of aromatic nitrogens is 4. The predicted octanol–water partition coefficient (Wildman–Crippen LogP) is 5.46. The van der Waals surface area contributed by atoms with Crippen molar-refractivity contribution >= 4 is 29.1 Å². The highest BCUT2D eigenvalue weighted by Gasteiger charge is 2.34. The number of tetrazole rings is 1. The fourth-order valence-electron chi connectivity index (χ4n) is 4.50. The second kappa shape index (κ2) is 10.5. The Morgan fingerprint density at radius 2 is 1.89 bits per heavy atom. The highest BCUT2D eigenvalue weighted by Crippen LogP contribution is 2.39. The average Bonchev–Trinajstić information content (AvgIpc) is 3.37. The Balaban J connectivity index is 1.48. The second-order valence-electron chi connectivity index (χ2n) is 9.08. The maximum atomic E-state index is 13.7. The van der Waals surface area contributed by atoms with Crippen molar-refractivity contribution in [1.82, 2.24) is 20.2 Å². The summed E-state index contributed by atoms with van der Waals surface area (Å²) in [6, 6.07) is 18.3. The van der Waals surface area contributed by atoms with E-state index in [0.717, 1.165) is 27.9 Å². The lowest BCUT2D eigenvalue weighted by molar-refractivity contribution is -0.113. The van der Waals surface area contributed by atoms with Gasteiger partial charge in [0.25, 0.3) is 5.91 Å². The van der Waals surface area contributed by atoms with Crippen molar-refractivity contribution < 1.29 is 14.3 Å². The summed E-state index contributed by atoms with van der Waals surface area (Å²) in [5, 5.41) is 18.9. The molecule has 38 heavy (non-hydrogen) atoms. The van der Waals surface area contributed by atoms with Crippen molar-refractivity contribution in [2.75, 3.05) is 17.7 Å². The van der Waals surface area contributed by atoms with Crippen molar-refractivity contribution in [3.05, 3.63) is 99.2 Å². The Labute approximate surface area is 225 Å². The number of fused-ring (bicyclic) bond motifs is 1. The van der Waals surface area contributed by atoms with Crippen LogP contribution in [0.4, 0.5) is 11.6 Å². The largest absolute Gasteiger partial charge is 0.493 e. The molecule has 5 rings (SSSR count). The molecule has 0 spiro atoms. The van der Waals surface area contributed by atoms with Crippen LogP contribution in [0.1, 0.15) is 35.2 Å². The molecule has 0 aliphatic carbocycles. The van der Waals surface area contributed by atoms with Crippen LogP contribution in [-0.2, 0) is 11.4 Å². The lowest BCUT2D eigenvalue weighted by Crippen LogP contribution is -2.31. The molecule has 0 saturated carbocycles. The van der Waals surface area contributed by atoms with Crippen LogP contribution >= 0.6 is 11.6 Å². The highest BCUT2D eigenvalue weighted by molar-refractivity contribution is 6.31. The number of anilines is 2. The quantitative estimate of drug-likeness (QED) is 0.327. The van der Waals surface area contributed by atoms with Gasteiger partial charge in [-0.2, -0.15) is 4.68 Å². The molecule has 0 fully saturated rings. The van der Waals surface area contributed by atoms with E-state index in [9.17, 15) is 4.79 Å². The van der Waals surface area contributed by atoms with Gasteiger partial charge in [0.1, 0.15) is 12.6 Å². The summed E-state index contributed by atoms with van der Waals surface area (Å²) in [7, 11) is 1.57. The number of aryl methyl sites for hydroxylation is 2. The minimum atomic E-state index is -0.599. The first-order valence-electron chi connectivity index (χ1n) is 12.0. The zero-order valence-electron chi connectivity index (χ0n) is 21.4. The van der Waals surface area contributed by atoms with Gasteiger partial charge in [0.2, 0.25) is 5.95 Å². The molecule has 10 heteroatoms. The van der Waals surface area contributed by atoms with Gasteiger partial charge < -0.3 is 20.1 Å². The molecule has 1 amide bonds. The fourth-order valence-corrected chi connectivity index (χ4v) is 4.69. The summed E-state index contributed by atoms with van der Waals surface area (Å²) < 4.78 is 13.3. The fraction of sp³-hybridized carbons (Fsp3) is 0.214. The molecular weight excluding hydrogens is 504 g/mol. The third-order valence-corrected chi connectivity index (χ3v) is 6.80. The number of rotatable bonds is 7. The van der Waals surface area contributed by atoms with Gasteiger partial charge in [0.15, 0.2) is 11.5 Å². The Morgan fingerprint density at radius 3 is 2.66 bits per heavy atom. The third kappa shape index (κ3) is 4.92. The molecule has 2 N–H and O–H groups in total. The number of nitrogens with zero attached hydrogens (tertiary/aromatic N) is 4. The first-order valence-corrected chi connectivity index (χ1v) is 12.4. The molecule has 1 atom stereocenters. The third-order valence-electron chi connectivity index (χ3n) is 6.43. The minimum absolute atomic E-state index is 0.258. The first kappa shape index (κ1) is 25.3. The van der Waals surface area contributed by atoms with Crippen LogP contribution in [0, 0.1) is 13.8 Å². The molecule has 0 bridgehead atoms. The Kier molecular flexibility index (Phi) is 7.02. The summed E-state index contributed by atoms with van der Waals surface area (Å²) >= 11 is 6.28. The number of nitrogens with one attached hydrogen (secondary N) is 2. The molecular formula is C28H27ClN6O3. The van der Waals surface area contributed by atoms with Crippen molar-refractivity contribution in [2.24, 2.45) is 0 Å². The van der Waals surface area contributed by atoms with Crippen LogP contribution in [-0.4, -0.2) is 33.2 Å². The van der Waals surface area contributed by atoms with Crippen molar-refractivity contribution in [2.45, 2.75) is 33.4 Å². The van der Waals surface area contributed by atoms with E-state index in [1.54, 1.807) is 11.8 Å². The van der Waals surface area contributed by atoms with Crippen molar-refractivity contribution in [3.63, 3.8) is 0 Å². The number of carbonyl (C=O) groups is 1. The summed E-state index contributed by atoms with van der Waals surface area (Å²) in [5.74, 6) is 1.23. The lowest BCUT2D eigenvalue weighted by Gasteiger charge is -2.28. The van der Waals surface area contributed by atoms with E-state index < -0.39 is 6.04 Å². The average molecular weight is 531 g/mol. The van der Waals surface area contributed by atoms with Gasteiger partial charge in [-0.3, -0.25) is 4.79 Å². The van der Waals surface area contributed by atoms with Crippen molar-refractivity contribution in [3.8, 4) is 11.5 Å². The molecule has 4 aromatic rings. The number of methoxy groups -OCH3 is 1. The molecule has 0 unspecified atom stereocenters. The maximum absolute atomic E-state index is 13.7. The van der Waals surface area contributed by atoms with Gasteiger partial charge in [-0.25, -0.2) is 0 Å². The number of ether oxygens (including phenoxy) is 2. The van der Waals surface area contributed by atoms with Crippen LogP contribution in [0.5, 0.6) is 11.5 Å². The monoisotopic (exact) mass is 530 g/mol. The minimum Gasteiger partial charge on any atom is -0.493 e. The molecule has 0 radical (unpaired) electrons. The van der Waals surface area contributed by atoms with E-state index in [4.69, 9.17) is 21.1 Å². The first-order chi connectivity index (χ1) is 18.4. The summed E-state index contributed by atoms with van der Waals surface area (Å²) in [4.78, 5) is 13.7. The van der Waals surface area contributed by atoms with E-state index in [1.807, 2.05) is 81.4 Å². The molecule has 0 saturated heterocycles. The van der Waals surface area contributed by atoms with E-state index in [0.29, 0.717) is 33.7 Å². The number of amides is 1.